The third-order valence-corrected chi connectivity index (χ3v) is 4.40. The second-order valence-corrected chi connectivity index (χ2v) is 6.64. The third-order valence-electron chi connectivity index (χ3n) is 3.02. The molecule has 8 heteroatoms. The maximum absolute atomic E-state index is 11.9. The predicted octanol–water partition coefficient (Wildman–Crippen LogP) is 1.33. The maximum Gasteiger partial charge on any atom is 0.310 e. The highest BCUT2D eigenvalue weighted by Crippen LogP contribution is 2.16. The van der Waals surface area contributed by atoms with Gasteiger partial charge in [0, 0.05) is 10.4 Å². The van der Waals surface area contributed by atoms with Crippen molar-refractivity contribution in [3.05, 3.63) is 40.3 Å². The van der Waals surface area contributed by atoms with E-state index >= 15 is 0 Å². The molecule has 0 spiro atoms. The van der Waals surface area contributed by atoms with Gasteiger partial charge in [-0.1, -0.05) is 23.7 Å². The summed E-state index contributed by atoms with van der Waals surface area (Å²) in [5.41, 5.74) is 0.669. The molecule has 21 heavy (non-hydrogen) atoms. The molecule has 0 aliphatic carbocycles. The minimum absolute atomic E-state index is 0.00339. The Kier molecular flexibility index (Phi) is 5.00. The van der Waals surface area contributed by atoms with E-state index in [9.17, 15) is 13.2 Å². The number of carbonyl (C=O) groups is 1. The highest BCUT2D eigenvalue weighted by molar-refractivity contribution is 7.92. The van der Waals surface area contributed by atoms with Gasteiger partial charge in [0.05, 0.1) is 25.2 Å². The summed E-state index contributed by atoms with van der Waals surface area (Å²) in [6.07, 6.45) is 1.41. The number of hydrogen-bond donors (Lipinski definition) is 2. The molecule has 6 nitrogen and oxygen atoms in total. The quantitative estimate of drug-likeness (QED) is 0.849. The molecule has 1 heterocycles. The first-order valence-electron chi connectivity index (χ1n) is 6.14. The molecule has 0 amide bonds. The first-order valence-corrected chi connectivity index (χ1v) is 8.06. The fourth-order valence-corrected chi connectivity index (χ4v) is 3.10. The van der Waals surface area contributed by atoms with Crippen LogP contribution in [-0.2, 0) is 19.6 Å². The van der Waals surface area contributed by atoms with E-state index in [4.69, 9.17) is 21.4 Å². The summed E-state index contributed by atoms with van der Waals surface area (Å²) < 4.78 is 31.2. The van der Waals surface area contributed by atoms with Gasteiger partial charge in [-0.15, -0.1) is 0 Å². The Morgan fingerprint density at radius 3 is 2.62 bits per heavy atom. The Labute approximate surface area is 127 Å². The normalized spacial score (nSPS) is 22.7. The first kappa shape index (κ1) is 16.0. The lowest BCUT2D eigenvalue weighted by molar-refractivity contribution is -0.142. The van der Waals surface area contributed by atoms with E-state index in [0.717, 1.165) is 5.41 Å². The minimum Gasteiger partial charge on any atom is -0.481 e. The average Bonchev–Trinajstić information content (AvgIpc) is 2.85. The third kappa shape index (κ3) is 4.53. The molecule has 0 radical (unpaired) electrons. The van der Waals surface area contributed by atoms with Crippen LogP contribution in [0.2, 0.25) is 5.02 Å². The fraction of sp³-hybridized carbons (Fsp3) is 0.308. The molecule has 1 saturated heterocycles. The molecule has 114 valence electrons. The maximum atomic E-state index is 11.9. The van der Waals surface area contributed by atoms with Crippen LogP contribution >= 0.6 is 11.6 Å². The van der Waals surface area contributed by atoms with Crippen LogP contribution in [0.3, 0.4) is 0 Å². The molecule has 1 aromatic rings. The van der Waals surface area contributed by atoms with Crippen LogP contribution in [0.25, 0.3) is 6.08 Å². The van der Waals surface area contributed by atoms with E-state index in [-0.39, 0.29) is 13.2 Å². The zero-order valence-electron chi connectivity index (χ0n) is 10.9. The van der Waals surface area contributed by atoms with E-state index in [1.54, 1.807) is 24.3 Å². The van der Waals surface area contributed by atoms with Gasteiger partial charge in [-0.3, -0.25) is 4.79 Å². The Morgan fingerprint density at radius 2 is 2.00 bits per heavy atom. The average molecular weight is 332 g/mol. The Morgan fingerprint density at radius 1 is 1.33 bits per heavy atom. The number of carboxylic acids is 1. The number of rotatable bonds is 5. The molecule has 0 bridgehead atoms. The van der Waals surface area contributed by atoms with Crippen molar-refractivity contribution in [2.45, 2.75) is 6.04 Å². The van der Waals surface area contributed by atoms with Crippen LogP contribution in [-0.4, -0.2) is 38.7 Å². The molecule has 2 unspecified atom stereocenters. The second-order valence-electron chi connectivity index (χ2n) is 4.61. The number of hydrogen-bond acceptors (Lipinski definition) is 4. The number of halogens is 1. The first-order chi connectivity index (χ1) is 9.87. The van der Waals surface area contributed by atoms with Crippen LogP contribution in [0.5, 0.6) is 0 Å². The molecule has 1 aromatic carbocycles. The van der Waals surface area contributed by atoms with Gasteiger partial charge in [-0.2, -0.15) is 0 Å². The zero-order valence-corrected chi connectivity index (χ0v) is 12.5. The molecular formula is C13H14ClNO5S. The minimum atomic E-state index is -3.75. The van der Waals surface area contributed by atoms with Crippen molar-refractivity contribution in [2.75, 3.05) is 13.2 Å². The standard InChI is InChI=1S/C13H14ClNO5S/c14-10-3-1-9(2-4-10)5-6-21(18,19)15-12-8-20-7-11(12)13(16)17/h1-6,11-12,15H,7-8H2,(H,16,17). The lowest BCUT2D eigenvalue weighted by Gasteiger charge is -2.13. The number of aliphatic carboxylic acids is 1. The molecule has 1 fully saturated rings. The van der Waals surface area contributed by atoms with Gasteiger partial charge in [0.1, 0.15) is 0 Å². The molecule has 0 aromatic heterocycles. The summed E-state index contributed by atoms with van der Waals surface area (Å²) in [6, 6.07) is 5.88. The topological polar surface area (TPSA) is 92.7 Å². The van der Waals surface area contributed by atoms with E-state index in [1.807, 2.05) is 0 Å². The van der Waals surface area contributed by atoms with E-state index < -0.39 is 28.0 Å². The molecule has 2 rings (SSSR count). The summed E-state index contributed by atoms with van der Waals surface area (Å²) in [4.78, 5) is 11.0. The fourth-order valence-electron chi connectivity index (χ4n) is 1.91. The monoisotopic (exact) mass is 331 g/mol. The smallest absolute Gasteiger partial charge is 0.310 e. The van der Waals surface area contributed by atoms with Crippen molar-refractivity contribution in [1.29, 1.82) is 0 Å². The Hall–Kier alpha value is -1.41. The SMILES string of the molecule is O=C(O)C1COCC1NS(=O)(=O)C=Cc1ccc(Cl)cc1. The molecule has 2 N–H and O–H groups in total. The summed E-state index contributed by atoms with van der Waals surface area (Å²) in [5.74, 6) is -1.95. The molecular weight excluding hydrogens is 318 g/mol. The van der Waals surface area contributed by atoms with E-state index in [0.29, 0.717) is 10.6 Å². The summed E-state index contributed by atoms with van der Waals surface area (Å²) >= 11 is 5.74. The molecule has 0 saturated carbocycles. The van der Waals surface area contributed by atoms with Crippen LogP contribution in [0, 0.1) is 5.92 Å². The highest BCUT2D eigenvalue weighted by atomic mass is 35.5. The van der Waals surface area contributed by atoms with Crippen molar-refractivity contribution in [1.82, 2.24) is 4.72 Å². The summed E-state index contributed by atoms with van der Waals surface area (Å²) in [6.45, 7) is 0.0500. The van der Waals surface area contributed by atoms with Crippen LogP contribution in [0.1, 0.15) is 5.56 Å². The van der Waals surface area contributed by atoms with Gasteiger partial charge >= 0.3 is 5.97 Å². The zero-order chi connectivity index (χ0) is 15.5. The van der Waals surface area contributed by atoms with Gasteiger partial charge in [0.2, 0.25) is 10.0 Å². The second kappa shape index (κ2) is 6.57. The van der Waals surface area contributed by atoms with Gasteiger partial charge < -0.3 is 9.84 Å². The number of sulfonamides is 1. The lowest BCUT2D eigenvalue weighted by Crippen LogP contribution is -2.41. The Bertz CT molecular complexity index is 641. The number of carboxylic acid groups (broad SMARTS) is 1. The molecule has 2 atom stereocenters. The van der Waals surface area contributed by atoms with Gasteiger partial charge in [0.15, 0.2) is 0 Å². The Balaban J connectivity index is 2.05. The number of ether oxygens (including phenoxy) is 1. The van der Waals surface area contributed by atoms with Gasteiger partial charge in [0.25, 0.3) is 0 Å². The number of nitrogens with one attached hydrogen (secondary N) is 1. The van der Waals surface area contributed by atoms with Crippen molar-refractivity contribution < 1.29 is 23.1 Å². The van der Waals surface area contributed by atoms with E-state index in [1.165, 1.54) is 6.08 Å². The van der Waals surface area contributed by atoms with Gasteiger partial charge in [-0.05, 0) is 23.8 Å². The summed E-state index contributed by atoms with van der Waals surface area (Å²) in [5, 5.41) is 10.5. The predicted molar refractivity (Wildman–Crippen MR) is 78.3 cm³/mol. The van der Waals surface area contributed by atoms with Crippen molar-refractivity contribution >= 4 is 33.7 Å². The van der Waals surface area contributed by atoms with Crippen molar-refractivity contribution in [2.24, 2.45) is 5.92 Å². The van der Waals surface area contributed by atoms with Crippen molar-refractivity contribution in [3.8, 4) is 0 Å². The molecule has 1 aliphatic heterocycles. The lowest BCUT2D eigenvalue weighted by atomic mass is 10.1. The largest absolute Gasteiger partial charge is 0.481 e. The van der Waals surface area contributed by atoms with E-state index in [2.05, 4.69) is 4.72 Å². The summed E-state index contributed by atoms with van der Waals surface area (Å²) in [7, 11) is -3.75. The van der Waals surface area contributed by atoms with Gasteiger partial charge in [-0.25, -0.2) is 13.1 Å². The van der Waals surface area contributed by atoms with Crippen molar-refractivity contribution in [3.63, 3.8) is 0 Å². The van der Waals surface area contributed by atoms with Crippen LogP contribution < -0.4 is 4.72 Å². The van der Waals surface area contributed by atoms with Crippen LogP contribution in [0.15, 0.2) is 29.7 Å². The number of benzene rings is 1. The molecule has 1 aliphatic rings. The van der Waals surface area contributed by atoms with Crippen LogP contribution in [0.4, 0.5) is 0 Å². The highest BCUT2D eigenvalue weighted by Gasteiger charge is 2.36.